The smallest absolute Gasteiger partial charge is 0.290 e. The second-order valence-corrected chi connectivity index (χ2v) is 10.2. The first-order valence-corrected chi connectivity index (χ1v) is 11.5. The van der Waals surface area contributed by atoms with Crippen LogP contribution in [0.2, 0.25) is 0 Å². The fourth-order valence-electron chi connectivity index (χ4n) is 2.60. The van der Waals surface area contributed by atoms with Crippen LogP contribution in [0.15, 0.2) is 27.9 Å². The second-order valence-electron chi connectivity index (χ2n) is 6.50. The molecule has 1 aliphatic carbocycles. The first-order chi connectivity index (χ1) is 12.4. The zero-order valence-corrected chi connectivity index (χ0v) is 16.8. The number of hydrogen-bond acceptors (Lipinski definition) is 7. The van der Waals surface area contributed by atoms with Gasteiger partial charge >= 0.3 is 0 Å². The Labute approximate surface area is 158 Å². The summed E-state index contributed by atoms with van der Waals surface area (Å²) >= 11 is 0. The van der Waals surface area contributed by atoms with Crippen molar-refractivity contribution in [1.29, 1.82) is 0 Å². The van der Waals surface area contributed by atoms with E-state index < -0.39 is 25.7 Å². The van der Waals surface area contributed by atoms with Crippen molar-refractivity contribution in [2.75, 3.05) is 37.4 Å². The molecule has 2 rings (SSSR count). The molecule has 0 saturated carbocycles. The van der Waals surface area contributed by atoms with E-state index in [0.717, 1.165) is 0 Å². The van der Waals surface area contributed by atoms with Gasteiger partial charge in [-0.25, -0.2) is 13.1 Å². The Balaban J connectivity index is 1.98. The topological polar surface area (TPSA) is 156 Å². The molecule has 0 aliphatic heterocycles. The van der Waals surface area contributed by atoms with Crippen molar-refractivity contribution in [3.8, 4) is 0 Å². The normalized spacial score (nSPS) is 18.1. The number of rotatable bonds is 8. The molecule has 27 heavy (non-hydrogen) atoms. The summed E-state index contributed by atoms with van der Waals surface area (Å²) in [4.78, 5) is 13.7. The monoisotopic (exact) mass is 420 g/mol. The van der Waals surface area contributed by atoms with Gasteiger partial charge < -0.3 is 10.6 Å². The third-order valence-corrected chi connectivity index (χ3v) is 6.79. The summed E-state index contributed by atoms with van der Waals surface area (Å²) in [5.41, 5.74) is 6.02. The first kappa shape index (κ1) is 21.4. The van der Waals surface area contributed by atoms with Gasteiger partial charge in [-0.1, -0.05) is 12.2 Å². The Bertz CT molecular complexity index is 1020. The fraction of sp³-hybridized carbons (Fsp3) is 0.533. The van der Waals surface area contributed by atoms with Crippen LogP contribution in [0.25, 0.3) is 0 Å². The Morgan fingerprint density at radius 2 is 1.93 bits per heavy atom. The van der Waals surface area contributed by atoms with Crippen molar-refractivity contribution in [1.82, 2.24) is 14.7 Å². The lowest BCUT2D eigenvalue weighted by Crippen LogP contribution is -2.30. The lowest BCUT2D eigenvalue weighted by atomic mass is 10.1. The van der Waals surface area contributed by atoms with Gasteiger partial charge in [0.25, 0.3) is 15.7 Å². The molecular weight excluding hydrogens is 396 g/mol. The number of anilines is 1. The van der Waals surface area contributed by atoms with Crippen molar-refractivity contribution in [3.05, 3.63) is 39.2 Å². The average Bonchev–Trinajstić information content (AvgIpc) is 2.85. The lowest BCUT2D eigenvalue weighted by molar-refractivity contribution is 0.368. The van der Waals surface area contributed by atoms with E-state index in [-0.39, 0.29) is 41.0 Å². The minimum Gasteiger partial charge on any atom is -0.393 e. The number of aryl methyl sites for hydroxylation is 1. The molecular formula is C15H24N4O6S2. The minimum absolute atomic E-state index is 0.0296. The van der Waals surface area contributed by atoms with E-state index in [0.29, 0.717) is 12.1 Å². The van der Waals surface area contributed by atoms with Gasteiger partial charge in [-0.2, -0.15) is 8.42 Å². The molecule has 0 fully saturated rings. The molecule has 1 aliphatic rings. The highest BCUT2D eigenvalue weighted by Gasteiger charge is 2.22. The summed E-state index contributed by atoms with van der Waals surface area (Å²) in [5, 5.41) is 2.88. The van der Waals surface area contributed by atoms with Crippen molar-refractivity contribution in [3.63, 3.8) is 0 Å². The predicted molar refractivity (Wildman–Crippen MR) is 103 cm³/mol. The summed E-state index contributed by atoms with van der Waals surface area (Å²) in [6, 6.07) is -0.343. The molecule has 4 N–H and O–H groups in total. The number of nitrogens with zero attached hydrogens (tertiary/aromatic N) is 2. The van der Waals surface area contributed by atoms with Crippen LogP contribution in [0, 0.1) is 6.92 Å². The molecule has 0 amide bonds. The Hall–Kier alpha value is -1.89. The first-order valence-electron chi connectivity index (χ1n) is 8.22. The van der Waals surface area contributed by atoms with E-state index in [2.05, 4.69) is 5.10 Å². The van der Waals surface area contributed by atoms with Crippen LogP contribution in [-0.2, 0) is 20.0 Å². The van der Waals surface area contributed by atoms with Gasteiger partial charge in [-0.05, 0) is 26.5 Å². The Kier molecular flexibility index (Phi) is 6.35. The summed E-state index contributed by atoms with van der Waals surface area (Å²) in [5.74, 6) is -0.647. The van der Waals surface area contributed by atoms with E-state index in [1.54, 1.807) is 26.1 Å². The van der Waals surface area contributed by atoms with Gasteiger partial charge in [0.2, 0.25) is 0 Å². The number of aromatic nitrogens is 2. The average molecular weight is 421 g/mol. The second kappa shape index (κ2) is 8.00. The molecule has 10 nitrogen and oxygen atoms in total. The molecule has 0 spiro atoms. The van der Waals surface area contributed by atoms with Gasteiger partial charge in [0, 0.05) is 13.1 Å². The maximum absolute atomic E-state index is 12.4. The molecule has 1 unspecified atom stereocenters. The summed E-state index contributed by atoms with van der Waals surface area (Å²) in [7, 11) is -6.06. The van der Waals surface area contributed by atoms with Crippen molar-refractivity contribution >= 4 is 25.6 Å². The number of allylic oxidation sites excluding steroid dienone is 3. The largest absolute Gasteiger partial charge is 0.393 e. The van der Waals surface area contributed by atoms with Crippen molar-refractivity contribution in [2.45, 2.75) is 19.4 Å². The minimum atomic E-state index is -4.08. The van der Waals surface area contributed by atoms with E-state index >= 15 is 0 Å². The van der Waals surface area contributed by atoms with Crippen LogP contribution in [0.4, 0.5) is 5.69 Å². The van der Waals surface area contributed by atoms with E-state index in [1.165, 1.54) is 15.7 Å². The van der Waals surface area contributed by atoms with Gasteiger partial charge in [0.15, 0.2) is 9.84 Å². The van der Waals surface area contributed by atoms with Crippen LogP contribution in [0.5, 0.6) is 0 Å². The quantitative estimate of drug-likeness (QED) is 0.483. The van der Waals surface area contributed by atoms with Gasteiger partial charge in [0.05, 0.1) is 28.1 Å². The zero-order chi connectivity index (χ0) is 20.4. The van der Waals surface area contributed by atoms with Crippen molar-refractivity contribution in [2.24, 2.45) is 0 Å². The number of hydrogen-bond donors (Lipinski definition) is 3. The van der Waals surface area contributed by atoms with Gasteiger partial charge in [0.1, 0.15) is 5.69 Å². The molecule has 0 radical (unpaired) electrons. The van der Waals surface area contributed by atoms with Crippen LogP contribution in [-0.4, -0.2) is 67.7 Å². The number of nitrogens with one attached hydrogen (secondary N) is 1. The number of aromatic amines is 1. The van der Waals surface area contributed by atoms with Crippen LogP contribution in [0.3, 0.4) is 0 Å². The standard InChI is InChI=1S/C15H24N4O6S2/c1-11-14(16)15(20)19(17-11)12-3-5-13(6-4-12)26(21,22)9-7-18(2)8-10-27(23,24)25/h3,5-6,12,17H,4,7-10,16H2,1-2H3,(H,23,24,25). The van der Waals surface area contributed by atoms with Crippen LogP contribution < -0.4 is 11.3 Å². The zero-order valence-electron chi connectivity index (χ0n) is 15.1. The Morgan fingerprint density at radius 1 is 1.30 bits per heavy atom. The highest BCUT2D eigenvalue weighted by Crippen LogP contribution is 2.23. The van der Waals surface area contributed by atoms with E-state index in [9.17, 15) is 21.6 Å². The number of H-pyrrole nitrogens is 1. The summed E-state index contributed by atoms with van der Waals surface area (Å²) in [6.07, 6.45) is 4.96. The molecule has 0 bridgehead atoms. The molecule has 0 saturated heterocycles. The molecule has 12 heteroatoms. The van der Waals surface area contributed by atoms with Gasteiger partial charge in [-0.15, -0.1) is 0 Å². The summed E-state index contributed by atoms with van der Waals surface area (Å²) in [6.45, 7) is 1.84. The maximum Gasteiger partial charge on any atom is 0.290 e. The van der Waals surface area contributed by atoms with Gasteiger partial charge in [-0.3, -0.25) is 14.4 Å². The summed E-state index contributed by atoms with van der Waals surface area (Å²) < 4.78 is 56.5. The molecule has 0 aromatic carbocycles. The molecule has 1 aromatic heterocycles. The Morgan fingerprint density at radius 3 is 2.41 bits per heavy atom. The molecule has 1 atom stereocenters. The number of sulfone groups is 1. The highest BCUT2D eigenvalue weighted by molar-refractivity contribution is 7.95. The molecule has 1 aromatic rings. The van der Waals surface area contributed by atoms with Crippen LogP contribution >= 0.6 is 0 Å². The SMILES string of the molecule is Cc1[nH]n(C2C=CC(S(=O)(=O)CCN(C)CCS(=O)(=O)O)=CC2)c(=O)c1N. The van der Waals surface area contributed by atoms with Crippen LogP contribution in [0.1, 0.15) is 18.2 Å². The molecule has 152 valence electrons. The molecule has 1 heterocycles. The predicted octanol–water partition coefficient (Wildman–Crippen LogP) is -0.314. The highest BCUT2D eigenvalue weighted by atomic mass is 32.2. The third-order valence-electron chi connectivity index (χ3n) is 4.35. The number of nitrogens with two attached hydrogens (primary N) is 1. The third kappa shape index (κ3) is 5.54. The van der Waals surface area contributed by atoms with Crippen molar-refractivity contribution < 1.29 is 21.4 Å². The number of nitrogen functional groups attached to an aromatic ring is 1. The maximum atomic E-state index is 12.4. The fourth-order valence-corrected chi connectivity index (χ4v) is 4.57. The lowest BCUT2D eigenvalue weighted by Gasteiger charge is -2.19. The van der Waals surface area contributed by atoms with E-state index in [4.69, 9.17) is 10.3 Å². The van der Waals surface area contributed by atoms with E-state index in [1.807, 2.05) is 0 Å².